The van der Waals surface area contributed by atoms with Crippen LogP contribution in [-0.4, -0.2) is 10.3 Å². The van der Waals surface area contributed by atoms with E-state index in [0.29, 0.717) is 22.8 Å². The number of rotatable bonds is 4. The molecule has 0 spiro atoms. The van der Waals surface area contributed by atoms with Crippen LogP contribution in [0.25, 0.3) is 0 Å². The molecule has 18 heavy (non-hydrogen) atoms. The molecule has 3 nitrogen and oxygen atoms in total. The fraction of sp³-hybridized carbons (Fsp3) is 0.714. The molecule has 1 aliphatic carbocycles. The molecule has 4 heteroatoms. The van der Waals surface area contributed by atoms with Crippen LogP contribution in [-0.2, 0) is 15.3 Å². The normalized spacial score (nSPS) is 30.6. The second kappa shape index (κ2) is 6.02. The van der Waals surface area contributed by atoms with Gasteiger partial charge >= 0.3 is 0 Å². The summed E-state index contributed by atoms with van der Waals surface area (Å²) in [6.45, 7) is 6.67. The molecule has 1 aromatic rings. The smallest absolute Gasteiger partial charge is 0.226 e. The van der Waals surface area contributed by atoms with Gasteiger partial charge in [0.2, 0.25) is 16.2 Å². The molecule has 2 rings (SSSR count). The van der Waals surface area contributed by atoms with Gasteiger partial charge in [0, 0.05) is 0 Å². The minimum absolute atomic E-state index is 0.0830. The number of hydrogen-bond acceptors (Lipinski definition) is 3. The molecule has 1 aromatic heterocycles. The molecular weight excluding hydrogens is 248 g/mol. The monoisotopic (exact) mass is 270 g/mol. The van der Waals surface area contributed by atoms with E-state index in [4.69, 9.17) is 8.60 Å². The Kier molecular flexibility index (Phi) is 4.62. The van der Waals surface area contributed by atoms with Gasteiger partial charge in [0.1, 0.15) is 0 Å². The van der Waals surface area contributed by atoms with Crippen LogP contribution in [0.3, 0.4) is 0 Å². The predicted octanol–water partition coefficient (Wildman–Crippen LogP) is 3.78. The molecule has 102 valence electrons. The molecular formula is C14H22O3S. The van der Waals surface area contributed by atoms with Crippen LogP contribution in [0, 0.1) is 17.8 Å². The van der Waals surface area contributed by atoms with Gasteiger partial charge in [0.25, 0.3) is 0 Å². The molecule has 1 fully saturated rings. The van der Waals surface area contributed by atoms with Crippen LogP contribution < -0.4 is 0 Å². The van der Waals surface area contributed by atoms with E-state index >= 15 is 0 Å². The largest absolute Gasteiger partial charge is 0.453 e. The first-order valence-corrected chi connectivity index (χ1v) is 7.77. The predicted molar refractivity (Wildman–Crippen MR) is 71.3 cm³/mol. The van der Waals surface area contributed by atoms with Crippen molar-refractivity contribution in [2.75, 3.05) is 0 Å². The van der Waals surface area contributed by atoms with Crippen molar-refractivity contribution in [3.05, 3.63) is 18.4 Å². The van der Waals surface area contributed by atoms with Crippen LogP contribution in [0.1, 0.15) is 40.0 Å². The molecule has 1 unspecified atom stereocenters. The maximum Gasteiger partial charge on any atom is 0.226 e. The standard InChI is InChI=1S/C14H22O3S/c1-10(2)12-7-6-11(3)9-13(12)17-18(15)14-5-4-8-16-14/h4-5,8,10-13H,6-7,9H2,1-3H3/t11-,12+,13-,18?/m1/s1. The summed E-state index contributed by atoms with van der Waals surface area (Å²) < 4.78 is 22.9. The Morgan fingerprint density at radius 3 is 2.83 bits per heavy atom. The van der Waals surface area contributed by atoms with E-state index < -0.39 is 11.1 Å². The van der Waals surface area contributed by atoms with Gasteiger partial charge in [-0.1, -0.05) is 27.2 Å². The Hall–Kier alpha value is -0.610. The van der Waals surface area contributed by atoms with Crippen molar-refractivity contribution in [1.29, 1.82) is 0 Å². The van der Waals surface area contributed by atoms with Gasteiger partial charge < -0.3 is 4.42 Å². The molecule has 4 atom stereocenters. The third kappa shape index (κ3) is 3.23. The van der Waals surface area contributed by atoms with Crippen molar-refractivity contribution >= 4 is 11.1 Å². The summed E-state index contributed by atoms with van der Waals surface area (Å²) >= 11 is -1.47. The minimum Gasteiger partial charge on any atom is -0.453 e. The molecule has 0 aromatic carbocycles. The molecule has 0 N–H and O–H groups in total. The van der Waals surface area contributed by atoms with Gasteiger partial charge in [-0.15, -0.1) is 0 Å². The average molecular weight is 270 g/mol. The highest BCUT2D eigenvalue weighted by atomic mass is 32.2. The first-order valence-electron chi connectivity index (χ1n) is 6.70. The second-order valence-corrected chi connectivity index (χ2v) is 6.69. The van der Waals surface area contributed by atoms with Crippen LogP contribution in [0.15, 0.2) is 27.9 Å². The van der Waals surface area contributed by atoms with Gasteiger partial charge in [-0.25, -0.2) is 4.21 Å². The van der Waals surface area contributed by atoms with Crippen LogP contribution in [0.2, 0.25) is 0 Å². The van der Waals surface area contributed by atoms with Crippen molar-refractivity contribution < 1.29 is 12.8 Å². The summed E-state index contributed by atoms with van der Waals surface area (Å²) in [4.78, 5) is 0. The maximum absolute atomic E-state index is 12.0. The highest BCUT2D eigenvalue weighted by Gasteiger charge is 2.33. The molecule has 0 amide bonds. The zero-order chi connectivity index (χ0) is 13.1. The Morgan fingerprint density at radius 1 is 1.44 bits per heavy atom. The molecule has 0 saturated heterocycles. The van der Waals surface area contributed by atoms with E-state index in [2.05, 4.69) is 20.8 Å². The molecule has 1 heterocycles. The summed E-state index contributed by atoms with van der Waals surface area (Å²) in [5.74, 6) is 1.72. The van der Waals surface area contributed by atoms with Crippen molar-refractivity contribution in [2.45, 2.75) is 51.2 Å². The zero-order valence-corrected chi connectivity index (χ0v) is 12.1. The highest BCUT2D eigenvalue weighted by molar-refractivity contribution is 7.80. The molecule has 1 aliphatic rings. The van der Waals surface area contributed by atoms with Crippen molar-refractivity contribution in [3.8, 4) is 0 Å². The first-order chi connectivity index (χ1) is 8.58. The SMILES string of the molecule is CC(C)[C@@H]1CC[C@@H](C)C[C@H]1OS(=O)c1ccco1. The summed E-state index contributed by atoms with van der Waals surface area (Å²) in [5.41, 5.74) is 0. The number of hydrogen-bond donors (Lipinski definition) is 0. The van der Waals surface area contributed by atoms with Crippen molar-refractivity contribution in [2.24, 2.45) is 17.8 Å². The lowest BCUT2D eigenvalue weighted by Gasteiger charge is -2.36. The lowest BCUT2D eigenvalue weighted by atomic mass is 9.75. The van der Waals surface area contributed by atoms with E-state index in [1.807, 2.05) is 0 Å². The van der Waals surface area contributed by atoms with Gasteiger partial charge in [0.15, 0.2) is 0 Å². The van der Waals surface area contributed by atoms with E-state index in [1.165, 1.54) is 19.1 Å². The summed E-state index contributed by atoms with van der Waals surface area (Å²) in [6, 6.07) is 3.44. The van der Waals surface area contributed by atoms with E-state index in [1.54, 1.807) is 12.1 Å². The summed E-state index contributed by atoms with van der Waals surface area (Å²) in [6.07, 6.45) is 5.02. The Morgan fingerprint density at radius 2 is 2.22 bits per heavy atom. The third-order valence-electron chi connectivity index (χ3n) is 3.83. The van der Waals surface area contributed by atoms with Crippen LogP contribution in [0.5, 0.6) is 0 Å². The fourth-order valence-electron chi connectivity index (χ4n) is 2.74. The Labute approximate surface area is 112 Å². The Bertz CT molecular complexity index is 386. The van der Waals surface area contributed by atoms with Gasteiger partial charge in [-0.3, -0.25) is 4.18 Å². The number of furan rings is 1. The lowest BCUT2D eigenvalue weighted by Crippen LogP contribution is -2.34. The molecule has 0 aliphatic heterocycles. The average Bonchev–Trinajstić information content (AvgIpc) is 2.81. The van der Waals surface area contributed by atoms with Crippen molar-refractivity contribution in [3.63, 3.8) is 0 Å². The quantitative estimate of drug-likeness (QED) is 0.836. The topological polar surface area (TPSA) is 39.4 Å². The lowest BCUT2D eigenvalue weighted by molar-refractivity contribution is 0.0554. The zero-order valence-electron chi connectivity index (χ0n) is 11.3. The van der Waals surface area contributed by atoms with E-state index in [0.717, 1.165) is 6.42 Å². The first kappa shape index (κ1) is 13.8. The Balaban J connectivity index is 2.02. The van der Waals surface area contributed by atoms with Gasteiger partial charge in [0.05, 0.1) is 12.4 Å². The summed E-state index contributed by atoms with van der Waals surface area (Å²) in [7, 11) is 0. The van der Waals surface area contributed by atoms with Crippen LogP contribution >= 0.6 is 0 Å². The van der Waals surface area contributed by atoms with Gasteiger partial charge in [-0.05, 0) is 42.7 Å². The second-order valence-electron chi connectivity index (χ2n) is 5.63. The van der Waals surface area contributed by atoms with E-state index in [9.17, 15) is 4.21 Å². The highest BCUT2D eigenvalue weighted by Crippen LogP contribution is 2.36. The summed E-state index contributed by atoms with van der Waals surface area (Å²) in [5, 5.41) is 0.413. The van der Waals surface area contributed by atoms with Crippen LogP contribution in [0.4, 0.5) is 0 Å². The third-order valence-corrected chi connectivity index (χ3v) is 4.81. The van der Waals surface area contributed by atoms with Crippen molar-refractivity contribution in [1.82, 2.24) is 0 Å². The van der Waals surface area contributed by atoms with Gasteiger partial charge in [-0.2, -0.15) is 0 Å². The maximum atomic E-state index is 12.0. The molecule has 1 saturated carbocycles. The fourth-order valence-corrected chi connectivity index (χ4v) is 3.61. The molecule has 0 radical (unpaired) electrons. The minimum atomic E-state index is -1.47. The van der Waals surface area contributed by atoms with E-state index in [-0.39, 0.29) is 6.10 Å². The molecule has 0 bridgehead atoms.